The van der Waals surface area contributed by atoms with Crippen LogP contribution >= 0.6 is 23.1 Å². The van der Waals surface area contributed by atoms with E-state index in [4.69, 9.17) is 4.74 Å². The van der Waals surface area contributed by atoms with Gasteiger partial charge in [0, 0.05) is 29.0 Å². The van der Waals surface area contributed by atoms with Crippen molar-refractivity contribution in [1.82, 2.24) is 4.98 Å². The van der Waals surface area contributed by atoms with Crippen LogP contribution in [-0.2, 0) is 17.0 Å². The second-order valence-corrected chi connectivity index (χ2v) is 7.11. The van der Waals surface area contributed by atoms with Crippen molar-refractivity contribution in [3.05, 3.63) is 40.3 Å². The highest BCUT2D eigenvalue weighted by Gasteiger charge is 2.05. The summed E-state index contributed by atoms with van der Waals surface area (Å²) in [4.78, 5) is 16.5. The summed E-state index contributed by atoms with van der Waals surface area (Å²) < 4.78 is 5.09. The molecule has 6 heteroatoms. The average molecular weight is 351 g/mol. The van der Waals surface area contributed by atoms with Crippen molar-refractivity contribution < 1.29 is 9.53 Å². The molecule has 1 N–H and O–H groups in total. The zero-order chi connectivity index (χ0) is 16.5. The van der Waals surface area contributed by atoms with E-state index in [2.05, 4.69) is 22.6 Å². The third-order valence-electron chi connectivity index (χ3n) is 3.16. The van der Waals surface area contributed by atoms with Crippen LogP contribution in [0.25, 0.3) is 0 Å². The molecule has 4 nitrogen and oxygen atoms in total. The number of nitrogens with one attached hydrogen (secondary N) is 1. The van der Waals surface area contributed by atoms with Gasteiger partial charge in [-0.25, -0.2) is 4.98 Å². The fourth-order valence-electron chi connectivity index (χ4n) is 1.98. The van der Waals surface area contributed by atoms with Crippen molar-refractivity contribution in [2.45, 2.75) is 31.9 Å². The summed E-state index contributed by atoms with van der Waals surface area (Å²) in [5.41, 5.74) is 1.92. The second-order valence-electron chi connectivity index (χ2n) is 5.06. The number of thiazole rings is 1. The summed E-state index contributed by atoms with van der Waals surface area (Å²) in [6, 6.07) is 7.35. The minimum absolute atomic E-state index is 0.0348. The molecule has 0 aliphatic carbocycles. The number of ether oxygens (including phenoxy) is 1. The zero-order valence-electron chi connectivity index (χ0n) is 13.5. The lowest BCUT2D eigenvalue weighted by molar-refractivity contribution is -0.115. The van der Waals surface area contributed by atoms with Gasteiger partial charge in [0.05, 0.1) is 17.8 Å². The number of amides is 1. The molecule has 23 heavy (non-hydrogen) atoms. The van der Waals surface area contributed by atoms with E-state index in [9.17, 15) is 4.79 Å². The minimum atomic E-state index is 0.0348. The van der Waals surface area contributed by atoms with Crippen molar-refractivity contribution >= 4 is 34.7 Å². The molecule has 0 radical (unpaired) electrons. The number of aromatic nitrogens is 1. The molecule has 0 spiro atoms. The third kappa shape index (κ3) is 6.23. The number of nitrogens with zero attached hydrogens (tertiary/aromatic N) is 1. The first-order valence-electron chi connectivity index (χ1n) is 7.66. The largest absolute Gasteiger partial charge is 0.497 e. The Morgan fingerprint density at radius 2 is 2.13 bits per heavy atom. The molecule has 0 aliphatic heterocycles. The number of aryl methyl sites for hydroxylation is 1. The Morgan fingerprint density at radius 3 is 2.83 bits per heavy atom. The summed E-state index contributed by atoms with van der Waals surface area (Å²) in [6.45, 7) is 2.16. The van der Waals surface area contributed by atoms with Gasteiger partial charge < -0.3 is 10.1 Å². The van der Waals surface area contributed by atoms with Gasteiger partial charge in [0.15, 0.2) is 0 Å². The minimum Gasteiger partial charge on any atom is -0.497 e. The zero-order valence-corrected chi connectivity index (χ0v) is 15.1. The van der Waals surface area contributed by atoms with E-state index in [0.29, 0.717) is 6.42 Å². The van der Waals surface area contributed by atoms with Crippen molar-refractivity contribution in [3.63, 3.8) is 0 Å². The molecule has 2 aromatic rings. The quantitative estimate of drug-likeness (QED) is 0.683. The van der Waals surface area contributed by atoms with Gasteiger partial charge in [-0.2, -0.15) is 11.8 Å². The molecule has 1 heterocycles. The summed E-state index contributed by atoms with van der Waals surface area (Å²) in [6.07, 6.45) is 2.69. The SMILES string of the molecule is CCCc1nc(CSCCC(=O)Nc2ccc(OC)cc2)cs1. The molecule has 0 unspecified atom stereocenters. The fourth-order valence-corrected chi connectivity index (χ4v) is 3.82. The Bertz CT molecular complexity index is 611. The molecular weight excluding hydrogens is 328 g/mol. The molecule has 0 saturated heterocycles. The van der Waals surface area contributed by atoms with E-state index in [1.165, 1.54) is 5.01 Å². The second kappa shape index (κ2) is 9.57. The molecule has 1 aromatic heterocycles. The van der Waals surface area contributed by atoms with Crippen molar-refractivity contribution in [1.29, 1.82) is 0 Å². The molecule has 124 valence electrons. The smallest absolute Gasteiger partial charge is 0.225 e. The van der Waals surface area contributed by atoms with Crippen LogP contribution in [0.5, 0.6) is 5.75 Å². The Balaban J connectivity index is 1.65. The van der Waals surface area contributed by atoms with Crippen LogP contribution in [-0.4, -0.2) is 23.8 Å². The van der Waals surface area contributed by atoms with Crippen LogP contribution in [0.4, 0.5) is 5.69 Å². The summed E-state index contributed by atoms with van der Waals surface area (Å²) >= 11 is 3.48. The van der Waals surface area contributed by atoms with Crippen molar-refractivity contribution in [2.75, 3.05) is 18.2 Å². The molecule has 0 fully saturated rings. The van der Waals surface area contributed by atoms with E-state index in [1.807, 2.05) is 24.3 Å². The van der Waals surface area contributed by atoms with Gasteiger partial charge in [0.2, 0.25) is 5.91 Å². The first-order chi connectivity index (χ1) is 11.2. The van der Waals surface area contributed by atoms with Crippen molar-refractivity contribution in [2.24, 2.45) is 0 Å². The molecule has 1 amide bonds. The van der Waals surface area contributed by atoms with E-state index >= 15 is 0 Å². The van der Waals surface area contributed by atoms with Gasteiger partial charge in [-0.15, -0.1) is 11.3 Å². The Hall–Kier alpha value is -1.53. The van der Waals surface area contributed by atoms with Gasteiger partial charge in [0.25, 0.3) is 0 Å². The van der Waals surface area contributed by atoms with Crippen LogP contribution in [0.2, 0.25) is 0 Å². The number of methoxy groups -OCH3 is 1. The number of rotatable bonds is 9. The van der Waals surface area contributed by atoms with Crippen molar-refractivity contribution in [3.8, 4) is 5.75 Å². The lowest BCUT2D eigenvalue weighted by atomic mass is 10.3. The first kappa shape index (κ1) is 17.8. The lowest BCUT2D eigenvalue weighted by Crippen LogP contribution is -2.12. The highest BCUT2D eigenvalue weighted by molar-refractivity contribution is 7.98. The number of carbonyl (C=O) groups is 1. The van der Waals surface area contributed by atoms with E-state index in [-0.39, 0.29) is 5.91 Å². The number of benzene rings is 1. The number of anilines is 1. The monoisotopic (exact) mass is 350 g/mol. The highest BCUT2D eigenvalue weighted by atomic mass is 32.2. The number of hydrogen-bond donors (Lipinski definition) is 1. The number of hydrogen-bond acceptors (Lipinski definition) is 5. The van der Waals surface area contributed by atoms with Gasteiger partial charge in [-0.1, -0.05) is 6.92 Å². The molecule has 1 aromatic carbocycles. The molecule has 0 atom stereocenters. The van der Waals surface area contributed by atoms with Crippen LogP contribution in [0.15, 0.2) is 29.6 Å². The van der Waals surface area contributed by atoms with Gasteiger partial charge in [-0.05, 0) is 37.1 Å². The highest BCUT2D eigenvalue weighted by Crippen LogP contribution is 2.18. The Labute approximate surface area is 145 Å². The Morgan fingerprint density at radius 1 is 1.35 bits per heavy atom. The maximum atomic E-state index is 11.9. The number of thioether (sulfide) groups is 1. The molecule has 0 bridgehead atoms. The topological polar surface area (TPSA) is 51.2 Å². The third-order valence-corrected chi connectivity index (χ3v) is 5.11. The van der Waals surface area contributed by atoms with Crippen LogP contribution in [0.3, 0.4) is 0 Å². The van der Waals surface area contributed by atoms with Crippen LogP contribution in [0, 0.1) is 0 Å². The van der Waals surface area contributed by atoms with E-state index in [1.54, 1.807) is 30.2 Å². The summed E-state index contributed by atoms with van der Waals surface area (Å²) in [5.74, 6) is 2.48. The maximum Gasteiger partial charge on any atom is 0.225 e. The van der Waals surface area contributed by atoms with Crippen LogP contribution in [0.1, 0.15) is 30.5 Å². The first-order valence-corrected chi connectivity index (χ1v) is 9.69. The lowest BCUT2D eigenvalue weighted by Gasteiger charge is -2.06. The summed E-state index contributed by atoms with van der Waals surface area (Å²) in [5, 5.41) is 6.22. The standard InChI is InChI=1S/C17H22N2O2S2/c1-3-4-17-19-14(12-23-17)11-22-10-9-16(20)18-13-5-7-15(21-2)8-6-13/h5-8,12H,3-4,9-11H2,1-2H3,(H,18,20). The van der Waals surface area contributed by atoms with Gasteiger partial charge in [-0.3, -0.25) is 4.79 Å². The predicted molar refractivity (Wildman–Crippen MR) is 98.5 cm³/mol. The fraction of sp³-hybridized carbons (Fsp3) is 0.412. The average Bonchev–Trinajstić information content (AvgIpc) is 3.00. The molecular formula is C17H22N2O2S2. The predicted octanol–water partition coefficient (Wildman–Crippen LogP) is 4.37. The molecule has 2 rings (SSSR count). The summed E-state index contributed by atoms with van der Waals surface area (Å²) in [7, 11) is 1.62. The van der Waals surface area contributed by atoms with Gasteiger partial charge in [0.1, 0.15) is 5.75 Å². The normalized spacial score (nSPS) is 10.5. The van der Waals surface area contributed by atoms with Crippen LogP contribution < -0.4 is 10.1 Å². The Kier molecular flexibility index (Phi) is 7.42. The van der Waals surface area contributed by atoms with E-state index < -0.39 is 0 Å². The molecule has 0 aliphatic rings. The molecule has 0 saturated carbocycles. The maximum absolute atomic E-state index is 11.9. The number of carbonyl (C=O) groups excluding carboxylic acids is 1. The van der Waals surface area contributed by atoms with Gasteiger partial charge >= 0.3 is 0 Å². The van der Waals surface area contributed by atoms with E-state index in [0.717, 1.165) is 41.5 Å².